The summed E-state index contributed by atoms with van der Waals surface area (Å²) in [6, 6.07) is 15.1. The average Bonchev–Trinajstić information content (AvgIpc) is 2.90. The van der Waals surface area contributed by atoms with Crippen molar-refractivity contribution >= 4 is 21.8 Å². The first kappa shape index (κ1) is 19.6. The maximum absolute atomic E-state index is 14.6. The molecule has 29 heavy (non-hydrogen) atoms. The SMILES string of the molecule is CC1(c2ccccc2F)CS2(=O)=NCCCCN2C(NC(=O)c2ccccc2)=N1. The molecule has 0 aliphatic carbocycles. The molecule has 0 bridgehead atoms. The molecule has 1 N–H and O–H groups in total. The predicted octanol–water partition coefficient (Wildman–Crippen LogP) is 3.32. The number of halogens is 1. The van der Waals surface area contributed by atoms with Gasteiger partial charge in [0, 0.05) is 17.7 Å². The van der Waals surface area contributed by atoms with Crippen LogP contribution in [0.15, 0.2) is 64.0 Å². The van der Waals surface area contributed by atoms with Gasteiger partial charge in [0.2, 0.25) is 5.96 Å². The highest BCUT2D eigenvalue weighted by atomic mass is 32.2. The second kappa shape index (κ2) is 7.59. The summed E-state index contributed by atoms with van der Waals surface area (Å²) in [6.45, 7) is 2.69. The van der Waals surface area contributed by atoms with Crippen molar-refractivity contribution in [2.45, 2.75) is 25.3 Å². The number of carbonyl (C=O) groups is 1. The first-order valence-electron chi connectivity index (χ1n) is 9.61. The molecule has 6 nitrogen and oxygen atoms in total. The maximum atomic E-state index is 14.6. The molecule has 0 radical (unpaired) electrons. The van der Waals surface area contributed by atoms with Crippen molar-refractivity contribution in [3.63, 3.8) is 0 Å². The molecule has 0 saturated carbocycles. The van der Waals surface area contributed by atoms with Crippen molar-refractivity contribution in [3.05, 3.63) is 71.5 Å². The van der Waals surface area contributed by atoms with E-state index in [0.29, 0.717) is 24.2 Å². The Labute approximate surface area is 170 Å². The summed E-state index contributed by atoms with van der Waals surface area (Å²) in [5.41, 5.74) is -0.300. The molecule has 4 rings (SSSR count). The molecule has 2 aliphatic rings. The number of aliphatic imine (C=N–C) groups is 1. The molecule has 2 aromatic carbocycles. The van der Waals surface area contributed by atoms with Crippen LogP contribution in [0.2, 0.25) is 0 Å². The van der Waals surface area contributed by atoms with Gasteiger partial charge in [-0.15, -0.1) is 0 Å². The largest absolute Gasteiger partial charge is 0.292 e. The molecule has 2 unspecified atom stereocenters. The summed E-state index contributed by atoms with van der Waals surface area (Å²) >= 11 is 0. The lowest BCUT2D eigenvalue weighted by Gasteiger charge is -2.39. The molecular weight excluding hydrogens is 391 g/mol. The van der Waals surface area contributed by atoms with E-state index < -0.39 is 21.3 Å². The standard InChI is InChI=1S/C21H23FN4O2S/c1-21(17-11-5-6-12-18(17)22)15-29(28)23-13-7-8-14-26(29)20(25-21)24-19(27)16-9-3-2-4-10-16/h2-6,9-12H,7-8,13-15H2,1H3,(H,24,25,27). The number of nitrogens with one attached hydrogen (secondary N) is 1. The summed E-state index contributed by atoms with van der Waals surface area (Å²) in [6.07, 6.45) is 1.60. The van der Waals surface area contributed by atoms with Crippen LogP contribution in [0.4, 0.5) is 4.39 Å². The Balaban J connectivity index is 1.81. The normalized spacial score (nSPS) is 26.6. The molecule has 0 saturated heterocycles. The Bertz CT molecular complexity index is 1080. The fraction of sp³-hybridized carbons (Fsp3) is 0.333. The smallest absolute Gasteiger partial charge is 0.257 e. The van der Waals surface area contributed by atoms with E-state index in [-0.39, 0.29) is 17.6 Å². The molecule has 1 amide bonds. The Morgan fingerprint density at radius 1 is 1.14 bits per heavy atom. The number of fused-ring (bicyclic) bond motifs is 1. The minimum atomic E-state index is -2.87. The van der Waals surface area contributed by atoms with Crippen molar-refractivity contribution in [2.75, 3.05) is 18.8 Å². The zero-order chi connectivity index (χ0) is 20.5. The summed E-state index contributed by atoms with van der Waals surface area (Å²) < 4.78 is 34.5. The highest BCUT2D eigenvalue weighted by Gasteiger charge is 2.43. The van der Waals surface area contributed by atoms with Gasteiger partial charge in [0.05, 0.1) is 12.3 Å². The van der Waals surface area contributed by atoms with Gasteiger partial charge in [0.1, 0.15) is 21.3 Å². The van der Waals surface area contributed by atoms with Crippen LogP contribution in [0, 0.1) is 5.82 Å². The predicted molar refractivity (Wildman–Crippen MR) is 111 cm³/mol. The molecule has 152 valence electrons. The molecule has 0 fully saturated rings. The molecule has 0 spiro atoms. The van der Waals surface area contributed by atoms with Gasteiger partial charge in [-0.2, -0.15) is 0 Å². The topological polar surface area (TPSA) is 74.1 Å². The van der Waals surface area contributed by atoms with Crippen molar-refractivity contribution in [2.24, 2.45) is 9.36 Å². The summed E-state index contributed by atoms with van der Waals surface area (Å²) in [7, 11) is -2.87. The number of carbonyl (C=O) groups excluding carboxylic acids is 1. The number of guanidine groups is 1. The molecule has 2 aromatic rings. The zero-order valence-corrected chi connectivity index (χ0v) is 17.0. The molecule has 2 aliphatic heterocycles. The van der Waals surface area contributed by atoms with E-state index in [1.54, 1.807) is 53.7 Å². The van der Waals surface area contributed by atoms with Crippen molar-refractivity contribution in [1.29, 1.82) is 0 Å². The summed E-state index contributed by atoms with van der Waals surface area (Å²) in [5, 5.41) is 2.81. The Morgan fingerprint density at radius 2 is 1.86 bits per heavy atom. The van der Waals surface area contributed by atoms with Gasteiger partial charge in [-0.05, 0) is 38.0 Å². The fourth-order valence-corrected chi connectivity index (χ4v) is 6.25. The third kappa shape index (κ3) is 3.76. The highest BCUT2D eigenvalue weighted by molar-refractivity contribution is 7.92. The lowest BCUT2D eigenvalue weighted by atomic mass is 9.94. The van der Waals surface area contributed by atoms with Gasteiger partial charge in [-0.3, -0.25) is 14.4 Å². The van der Waals surface area contributed by atoms with Gasteiger partial charge in [0.15, 0.2) is 0 Å². The summed E-state index contributed by atoms with van der Waals surface area (Å²) in [5.74, 6) is -0.511. The Morgan fingerprint density at radius 3 is 2.62 bits per heavy atom. The van der Waals surface area contributed by atoms with E-state index >= 15 is 0 Å². The van der Waals surface area contributed by atoms with Crippen LogP contribution in [-0.4, -0.2) is 39.2 Å². The quantitative estimate of drug-likeness (QED) is 0.819. The third-order valence-electron chi connectivity index (χ3n) is 5.18. The van der Waals surface area contributed by atoms with E-state index in [2.05, 4.69) is 9.68 Å². The molecule has 2 heterocycles. The highest BCUT2D eigenvalue weighted by Crippen LogP contribution is 2.35. The van der Waals surface area contributed by atoms with Gasteiger partial charge >= 0.3 is 0 Å². The van der Waals surface area contributed by atoms with Gasteiger partial charge in [0.25, 0.3) is 5.91 Å². The molecule has 8 heteroatoms. The molecular formula is C21H23FN4O2S. The van der Waals surface area contributed by atoms with Gasteiger partial charge < -0.3 is 0 Å². The van der Waals surface area contributed by atoms with Crippen LogP contribution in [0.5, 0.6) is 0 Å². The number of hydrogen-bond donors (Lipinski definition) is 1. The van der Waals surface area contributed by atoms with E-state index in [1.165, 1.54) is 6.07 Å². The van der Waals surface area contributed by atoms with Crippen LogP contribution in [-0.2, 0) is 15.5 Å². The number of nitrogens with zero attached hydrogens (tertiary/aromatic N) is 3. The van der Waals surface area contributed by atoms with Crippen LogP contribution >= 0.6 is 0 Å². The maximum Gasteiger partial charge on any atom is 0.257 e. The van der Waals surface area contributed by atoms with E-state index in [1.807, 2.05) is 6.07 Å². The molecule has 0 aromatic heterocycles. The zero-order valence-electron chi connectivity index (χ0n) is 16.2. The summed E-state index contributed by atoms with van der Waals surface area (Å²) in [4.78, 5) is 17.5. The lowest BCUT2D eigenvalue weighted by Crippen LogP contribution is -2.55. The van der Waals surface area contributed by atoms with E-state index in [0.717, 1.165) is 12.8 Å². The third-order valence-corrected chi connectivity index (χ3v) is 7.75. The number of amides is 1. The second-order valence-corrected chi connectivity index (χ2v) is 9.62. The Hall–Kier alpha value is -2.74. The van der Waals surface area contributed by atoms with Crippen LogP contribution in [0.3, 0.4) is 0 Å². The monoisotopic (exact) mass is 414 g/mol. The number of hydrogen-bond acceptors (Lipinski definition) is 4. The van der Waals surface area contributed by atoms with Crippen molar-refractivity contribution in [3.8, 4) is 0 Å². The van der Waals surface area contributed by atoms with Crippen LogP contribution in [0.25, 0.3) is 0 Å². The molecule has 2 atom stereocenters. The minimum absolute atomic E-state index is 0.0750. The number of benzene rings is 2. The average molecular weight is 415 g/mol. The van der Waals surface area contributed by atoms with E-state index in [9.17, 15) is 13.4 Å². The van der Waals surface area contributed by atoms with Gasteiger partial charge in [-0.1, -0.05) is 36.4 Å². The van der Waals surface area contributed by atoms with Gasteiger partial charge in [-0.25, -0.2) is 18.0 Å². The second-order valence-electron chi connectivity index (χ2n) is 7.42. The first-order valence-corrected chi connectivity index (χ1v) is 11.2. The van der Waals surface area contributed by atoms with Crippen molar-refractivity contribution in [1.82, 2.24) is 9.62 Å². The number of rotatable bonds is 2. The van der Waals surface area contributed by atoms with Crippen LogP contribution in [0.1, 0.15) is 35.7 Å². The van der Waals surface area contributed by atoms with Crippen LogP contribution < -0.4 is 5.32 Å². The Kier molecular flexibility index (Phi) is 5.12. The first-order chi connectivity index (χ1) is 13.9. The van der Waals surface area contributed by atoms with E-state index in [4.69, 9.17) is 4.99 Å². The van der Waals surface area contributed by atoms with Crippen molar-refractivity contribution < 1.29 is 13.4 Å². The minimum Gasteiger partial charge on any atom is -0.292 e. The lowest BCUT2D eigenvalue weighted by molar-refractivity contribution is 0.0973. The fourth-order valence-electron chi connectivity index (χ4n) is 3.73.